The summed E-state index contributed by atoms with van der Waals surface area (Å²) in [7, 11) is 0. The first-order valence-corrected chi connectivity index (χ1v) is 6.72. The number of hydrogen-bond acceptors (Lipinski definition) is 3. The molecule has 0 aliphatic heterocycles. The molecule has 0 bridgehead atoms. The SMILES string of the molecule is CCSCC(C)Nc1ccc(N)cc1C(F)F. The molecule has 3 N–H and O–H groups in total. The molecule has 0 fully saturated rings. The summed E-state index contributed by atoms with van der Waals surface area (Å²) in [5.74, 6) is 1.92. The third kappa shape index (κ3) is 4.42. The van der Waals surface area contributed by atoms with Crippen molar-refractivity contribution in [3.8, 4) is 0 Å². The third-order valence-corrected chi connectivity index (χ3v) is 3.43. The Hall–Kier alpha value is -0.970. The number of thioether (sulfide) groups is 1. The van der Waals surface area contributed by atoms with Crippen molar-refractivity contribution in [3.05, 3.63) is 23.8 Å². The van der Waals surface area contributed by atoms with Gasteiger partial charge in [0, 0.05) is 28.7 Å². The van der Waals surface area contributed by atoms with Gasteiger partial charge in [-0.25, -0.2) is 8.78 Å². The highest BCUT2D eigenvalue weighted by Crippen LogP contribution is 2.29. The molecule has 1 aromatic rings. The molecule has 0 radical (unpaired) electrons. The Balaban J connectivity index is 2.76. The number of alkyl halides is 2. The lowest BCUT2D eigenvalue weighted by Gasteiger charge is -2.17. The summed E-state index contributed by atoms with van der Waals surface area (Å²) in [5.41, 5.74) is 6.31. The van der Waals surface area contributed by atoms with Crippen LogP contribution >= 0.6 is 11.8 Å². The normalized spacial score (nSPS) is 12.8. The molecule has 1 rings (SSSR count). The van der Waals surface area contributed by atoms with Gasteiger partial charge in [-0.3, -0.25) is 0 Å². The van der Waals surface area contributed by atoms with Crippen LogP contribution in [-0.4, -0.2) is 17.5 Å². The van der Waals surface area contributed by atoms with Crippen LogP contribution in [0.25, 0.3) is 0 Å². The largest absolute Gasteiger partial charge is 0.399 e. The first kappa shape index (κ1) is 14.1. The fourth-order valence-corrected chi connectivity index (χ4v) is 2.17. The summed E-state index contributed by atoms with van der Waals surface area (Å²) in [4.78, 5) is 0. The van der Waals surface area contributed by atoms with E-state index in [0.717, 1.165) is 11.5 Å². The summed E-state index contributed by atoms with van der Waals surface area (Å²) in [6.07, 6.45) is -2.51. The monoisotopic (exact) mass is 260 g/mol. The predicted molar refractivity (Wildman–Crippen MR) is 71.9 cm³/mol. The van der Waals surface area contributed by atoms with Crippen LogP contribution in [0.5, 0.6) is 0 Å². The average Bonchev–Trinajstić information content (AvgIpc) is 2.28. The molecular formula is C12H18F2N2S. The Labute approximate surface area is 105 Å². The van der Waals surface area contributed by atoms with Crippen LogP contribution in [0.3, 0.4) is 0 Å². The maximum atomic E-state index is 12.8. The summed E-state index contributed by atoms with van der Waals surface area (Å²) < 4.78 is 25.6. The number of rotatable bonds is 6. The topological polar surface area (TPSA) is 38.0 Å². The first-order valence-electron chi connectivity index (χ1n) is 5.56. The Bertz CT molecular complexity index is 358. The zero-order valence-electron chi connectivity index (χ0n) is 10.0. The molecule has 0 spiro atoms. The number of hydrogen-bond donors (Lipinski definition) is 2. The summed E-state index contributed by atoms with van der Waals surface area (Å²) in [5, 5.41) is 3.10. The van der Waals surface area contributed by atoms with E-state index in [1.165, 1.54) is 6.07 Å². The number of anilines is 2. The van der Waals surface area contributed by atoms with Crippen LogP contribution in [0.15, 0.2) is 18.2 Å². The van der Waals surface area contributed by atoms with Crippen molar-refractivity contribution in [2.75, 3.05) is 22.6 Å². The van der Waals surface area contributed by atoms with Crippen molar-refractivity contribution in [2.45, 2.75) is 26.3 Å². The lowest BCUT2D eigenvalue weighted by Crippen LogP contribution is -2.19. The molecule has 1 unspecified atom stereocenters. The van der Waals surface area contributed by atoms with Gasteiger partial charge in [0.2, 0.25) is 0 Å². The number of nitrogen functional groups attached to an aromatic ring is 1. The van der Waals surface area contributed by atoms with Crippen molar-refractivity contribution in [2.24, 2.45) is 0 Å². The molecule has 17 heavy (non-hydrogen) atoms. The lowest BCUT2D eigenvalue weighted by molar-refractivity contribution is 0.152. The summed E-state index contributed by atoms with van der Waals surface area (Å²) in [6, 6.07) is 4.73. The molecule has 0 amide bonds. The Morgan fingerprint density at radius 1 is 1.41 bits per heavy atom. The molecule has 5 heteroatoms. The molecule has 0 aliphatic carbocycles. The van der Waals surface area contributed by atoms with E-state index < -0.39 is 6.43 Å². The van der Waals surface area contributed by atoms with Gasteiger partial charge in [0.15, 0.2) is 0 Å². The van der Waals surface area contributed by atoms with Crippen molar-refractivity contribution in [1.29, 1.82) is 0 Å². The Morgan fingerprint density at radius 2 is 2.12 bits per heavy atom. The molecule has 0 heterocycles. The van der Waals surface area contributed by atoms with Crippen molar-refractivity contribution < 1.29 is 8.78 Å². The second kappa shape index (κ2) is 6.69. The van der Waals surface area contributed by atoms with Crippen LogP contribution in [0.1, 0.15) is 25.8 Å². The van der Waals surface area contributed by atoms with Gasteiger partial charge in [0.25, 0.3) is 6.43 Å². The van der Waals surface area contributed by atoms with E-state index in [2.05, 4.69) is 12.2 Å². The zero-order valence-corrected chi connectivity index (χ0v) is 10.9. The van der Waals surface area contributed by atoms with Gasteiger partial charge in [-0.1, -0.05) is 6.92 Å². The number of nitrogens with one attached hydrogen (secondary N) is 1. The molecule has 0 saturated heterocycles. The van der Waals surface area contributed by atoms with Gasteiger partial charge in [-0.15, -0.1) is 0 Å². The molecule has 1 atom stereocenters. The van der Waals surface area contributed by atoms with Crippen LogP contribution in [0, 0.1) is 0 Å². The Morgan fingerprint density at radius 3 is 2.71 bits per heavy atom. The average molecular weight is 260 g/mol. The van der Waals surface area contributed by atoms with E-state index in [-0.39, 0.29) is 11.6 Å². The number of halogens is 2. The third-order valence-electron chi connectivity index (χ3n) is 2.28. The highest BCUT2D eigenvalue weighted by molar-refractivity contribution is 7.99. The highest BCUT2D eigenvalue weighted by Gasteiger charge is 2.14. The second-order valence-electron chi connectivity index (χ2n) is 3.85. The van der Waals surface area contributed by atoms with Crippen LogP contribution < -0.4 is 11.1 Å². The van der Waals surface area contributed by atoms with Gasteiger partial charge in [-0.05, 0) is 30.9 Å². The van der Waals surface area contributed by atoms with E-state index in [1.807, 2.05) is 6.92 Å². The van der Waals surface area contributed by atoms with Gasteiger partial charge in [0.05, 0.1) is 0 Å². The van der Waals surface area contributed by atoms with Crippen molar-refractivity contribution in [1.82, 2.24) is 0 Å². The predicted octanol–water partition coefficient (Wildman–Crippen LogP) is 3.76. The summed E-state index contributed by atoms with van der Waals surface area (Å²) >= 11 is 1.78. The molecule has 0 saturated carbocycles. The van der Waals surface area contributed by atoms with Crippen molar-refractivity contribution >= 4 is 23.1 Å². The molecular weight excluding hydrogens is 242 g/mol. The standard InChI is InChI=1S/C12H18F2N2S/c1-3-17-7-8(2)16-11-5-4-9(15)6-10(11)12(13)14/h4-6,8,12,16H,3,7,15H2,1-2H3. The van der Waals surface area contributed by atoms with Crippen LogP contribution in [0.4, 0.5) is 20.2 Å². The minimum absolute atomic E-state index is 0.0293. The fourth-order valence-electron chi connectivity index (χ4n) is 1.49. The lowest BCUT2D eigenvalue weighted by atomic mass is 10.1. The number of nitrogens with two attached hydrogens (primary N) is 1. The molecule has 0 aliphatic rings. The summed E-state index contributed by atoms with van der Waals surface area (Å²) in [6.45, 7) is 4.06. The number of benzene rings is 1. The van der Waals surface area contributed by atoms with E-state index in [9.17, 15) is 8.78 Å². The van der Waals surface area contributed by atoms with Crippen LogP contribution in [0.2, 0.25) is 0 Å². The maximum absolute atomic E-state index is 12.8. The molecule has 2 nitrogen and oxygen atoms in total. The minimum Gasteiger partial charge on any atom is -0.399 e. The maximum Gasteiger partial charge on any atom is 0.265 e. The zero-order chi connectivity index (χ0) is 12.8. The van der Waals surface area contributed by atoms with Gasteiger partial charge < -0.3 is 11.1 Å². The van der Waals surface area contributed by atoms with Crippen LogP contribution in [-0.2, 0) is 0 Å². The van der Waals surface area contributed by atoms with E-state index in [0.29, 0.717) is 11.4 Å². The first-order chi connectivity index (χ1) is 8.04. The fraction of sp³-hybridized carbons (Fsp3) is 0.500. The minimum atomic E-state index is -2.51. The Kier molecular flexibility index (Phi) is 5.55. The molecule has 1 aromatic carbocycles. The quantitative estimate of drug-likeness (QED) is 0.765. The van der Waals surface area contributed by atoms with E-state index >= 15 is 0 Å². The van der Waals surface area contributed by atoms with E-state index in [4.69, 9.17) is 5.73 Å². The van der Waals surface area contributed by atoms with E-state index in [1.54, 1.807) is 23.9 Å². The van der Waals surface area contributed by atoms with Gasteiger partial charge >= 0.3 is 0 Å². The smallest absolute Gasteiger partial charge is 0.265 e. The van der Waals surface area contributed by atoms with Crippen molar-refractivity contribution in [3.63, 3.8) is 0 Å². The molecule has 0 aromatic heterocycles. The highest BCUT2D eigenvalue weighted by atomic mass is 32.2. The second-order valence-corrected chi connectivity index (χ2v) is 5.17. The van der Waals surface area contributed by atoms with Gasteiger partial charge in [-0.2, -0.15) is 11.8 Å². The van der Waals surface area contributed by atoms with Gasteiger partial charge in [0.1, 0.15) is 0 Å². The molecule has 96 valence electrons.